The van der Waals surface area contributed by atoms with Gasteiger partial charge in [0.1, 0.15) is 16.4 Å². The molecule has 0 aromatic carbocycles. The third kappa shape index (κ3) is 3.67. The number of piperidine rings is 1. The van der Waals surface area contributed by atoms with Crippen molar-refractivity contribution in [1.29, 1.82) is 0 Å². The van der Waals surface area contributed by atoms with Gasteiger partial charge in [-0.25, -0.2) is 8.42 Å². The van der Waals surface area contributed by atoms with Gasteiger partial charge in [-0.2, -0.15) is 4.31 Å². The van der Waals surface area contributed by atoms with Crippen molar-refractivity contribution in [2.24, 2.45) is 5.92 Å². The van der Waals surface area contributed by atoms with Crippen LogP contribution in [-0.4, -0.2) is 32.4 Å². The van der Waals surface area contributed by atoms with E-state index < -0.39 is 10.0 Å². The fourth-order valence-electron chi connectivity index (χ4n) is 2.83. The Morgan fingerprint density at radius 3 is 2.86 bits per heavy atom. The minimum atomic E-state index is -3.43. The van der Waals surface area contributed by atoms with Gasteiger partial charge in [-0.3, -0.25) is 0 Å². The van der Waals surface area contributed by atoms with E-state index in [1.165, 1.54) is 0 Å². The highest BCUT2D eigenvalue weighted by atomic mass is 32.2. The molecule has 0 bridgehead atoms. The Bertz CT molecular complexity index is 565. The molecule has 120 valence electrons. The van der Waals surface area contributed by atoms with Crippen LogP contribution in [0.3, 0.4) is 0 Å². The van der Waals surface area contributed by atoms with Crippen LogP contribution in [0.2, 0.25) is 0 Å². The van der Waals surface area contributed by atoms with Gasteiger partial charge in [0.2, 0.25) is 10.0 Å². The van der Waals surface area contributed by atoms with Gasteiger partial charge >= 0.3 is 0 Å². The number of aryl methyl sites for hydroxylation is 1. The number of rotatable bonds is 6. The molecular weight excluding hydrogens is 288 g/mol. The minimum Gasteiger partial charge on any atom is -0.464 e. The van der Waals surface area contributed by atoms with Crippen molar-refractivity contribution in [2.45, 2.75) is 51.5 Å². The van der Waals surface area contributed by atoms with Crippen molar-refractivity contribution >= 4 is 10.0 Å². The highest BCUT2D eigenvalue weighted by molar-refractivity contribution is 7.89. The van der Waals surface area contributed by atoms with Gasteiger partial charge in [0, 0.05) is 19.2 Å². The van der Waals surface area contributed by atoms with E-state index in [4.69, 9.17) is 4.42 Å². The second kappa shape index (κ2) is 6.94. The summed E-state index contributed by atoms with van der Waals surface area (Å²) in [6.07, 6.45) is 3.10. The Kier molecular flexibility index (Phi) is 5.46. The SMILES string of the molecule is CCNCc1cc(S(=O)(=O)N2CCCC(CC)C2)c(C)o1. The highest BCUT2D eigenvalue weighted by Crippen LogP contribution is 2.28. The molecule has 0 spiro atoms. The molecule has 1 aliphatic rings. The Hall–Kier alpha value is -0.850. The fourth-order valence-corrected chi connectivity index (χ4v) is 4.57. The first-order valence-corrected chi connectivity index (χ1v) is 9.23. The Morgan fingerprint density at radius 1 is 1.43 bits per heavy atom. The molecule has 0 amide bonds. The molecule has 1 N–H and O–H groups in total. The second-order valence-electron chi connectivity index (χ2n) is 5.69. The topological polar surface area (TPSA) is 62.6 Å². The van der Waals surface area contributed by atoms with Crippen molar-refractivity contribution in [3.05, 3.63) is 17.6 Å². The molecule has 0 radical (unpaired) electrons. The third-order valence-corrected chi connectivity index (χ3v) is 6.12. The average Bonchev–Trinajstić information content (AvgIpc) is 2.87. The summed E-state index contributed by atoms with van der Waals surface area (Å²) in [6.45, 7) is 8.49. The fraction of sp³-hybridized carbons (Fsp3) is 0.733. The summed E-state index contributed by atoms with van der Waals surface area (Å²) in [5, 5.41) is 3.15. The van der Waals surface area contributed by atoms with Gasteiger partial charge in [0.25, 0.3) is 0 Å². The van der Waals surface area contributed by atoms with Gasteiger partial charge in [0.05, 0.1) is 6.54 Å². The van der Waals surface area contributed by atoms with E-state index in [9.17, 15) is 8.42 Å². The summed E-state index contributed by atoms with van der Waals surface area (Å²) in [6, 6.07) is 1.67. The first-order valence-electron chi connectivity index (χ1n) is 7.79. The summed E-state index contributed by atoms with van der Waals surface area (Å²) >= 11 is 0. The van der Waals surface area contributed by atoms with Crippen LogP contribution in [0, 0.1) is 12.8 Å². The average molecular weight is 314 g/mol. The standard InChI is InChI=1S/C15H26N2O3S/c1-4-13-7-6-8-17(11-13)21(18,19)15-9-14(10-16-5-2)20-12(15)3/h9,13,16H,4-8,10-11H2,1-3H3. The van der Waals surface area contributed by atoms with E-state index in [-0.39, 0.29) is 0 Å². The number of furan rings is 1. The van der Waals surface area contributed by atoms with Gasteiger partial charge in [0.15, 0.2) is 0 Å². The van der Waals surface area contributed by atoms with Gasteiger partial charge in [-0.15, -0.1) is 0 Å². The van der Waals surface area contributed by atoms with Gasteiger partial charge < -0.3 is 9.73 Å². The summed E-state index contributed by atoms with van der Waals surface area (Å²) < 4.78 is 32.8. The predicted molar refractivity (Wildman–Crippen MR) is 82.6 cm³/mol. The van der Waals surface area contributed by atoms with E-state index >= 15 is 0 Å². The molecule has 1 aromatic heterocycles. The Morgan fingerprint density at radius 2 is 2.19 bits per heavy atom. The zero-order chi connectivity index (χ0) is 15.5. The molecule has 0 saturated carbocycles. The van der Waals surface area contributed by atoms with Gasteiger partial charge in [-0.1, -0.05) is 20.3 Å². The van der Waals surface area contributed by atoms with Crippen molar-refractivity contribution in [3.8, 4) is 0 Å². The van der Waals surface area contributed by atoms with Crippen LogP contribution >= 0.6 is 0 Å². The zero-order valence-corrected chi connectivity index (χ0v) is 14.0. The molecule has 1 atom stereocenters. The summed E-state index contributed by atoms with van der Waals surface area (Å²) in [5.41, 5.74) is 0. The molecule has 2 rings (SSSR count). The summed E-state index contributed by atoms with van der Waals surface area (Å²) in [5.74, 6) is 1.64. The van der Waals surface area contributed by atoms with E-state index in [0.29, 0.717) is 42.0 Å². The van der Waals surface area contributed by atoms with E-state index in [1.807, 2.05) is 6.92 Å². The maximum Gasteiger partial charge on any atom is 0.246 e. The number of hydrogen-bond donors (Lipinski definition) is 1. The first-order chi connectivity index (χ1) is 9.98. The molecule has 1 unspecified atom stereocenters. The normalized spacial score (nSPS) is 20.8. The summed E-state index contributed by atoms with van der Waals surface area (Å²) in [7, 11) is -3.43. The molecule has 0 aliphatic carbocycles. The molecule has 5 nitrogen and oxygen atoms in total. The monoisotopic (exact) mass is 314 g/mol. The Balaban J connectivity index is 2.20. The molecule has 1 aromatic rings. The van der Waals surface area contributed by atoms with Crippen LogP contribution < -0.4 is 5.32 Å². The lowest BCUT2D eigenvalue weighted by Crippen LogP contribution is -2.39. The molecule has 1 aliphatic heterocycles. The van der Waals surface area contributed by atoms with Crippen LogP contribution in [-0.2, 0) is 16.6 Å². The number of sulfonamides is 1. The van der Waals surface area contributed by atoms with Crippen LogP contribution in [0.15, 0.2) is 15.4 Å². The van der Waals surface area contributed by atoms with E-state index in [0.717, 1.165) is 25.8 Å². The quantitative estimate of drug-likeness (QED) is 0.876. The minimum absolute atomic E-state index is 0.326. The Labute approximate surface area is 127 Å². The molecule has 1 fully saturated rings. The molecular formula is C15H26N2O3S. The van der Waals surface area contributed by atoms with Crippen molar-refractivity contribution < 1.29 is 12.8 Å². The van der Waals surface area contributed by atoms with Crippen LogP contribution in [0.1, 0.15) is 44.6 Å². The van der Waals surface area contributed by atoms with Crippen LogP contribution in [0.5, 0.6) is 0 Å². The zero-order valence-electron chi connectivity index (χ0n) is 13.2. The lowest BCUT2D eigenvalue weighted by molar-refractivity contribution is 0.261. The third-order valence-electron chi connectivity index (χ3n) is 4.15. The maximum atomic E-state index is 12.8. The second-order valence-corrected chi connectivity index (χ2v) is 7.60. The number of nitrogens with one attached hydrogen (secondary N) is 1. The molecule has 21 heavy (non-hydrogen) atoms. The number of nitrogens with zero attached hydrogens (tertiary/aromatic N) is 1. The van der Waals surface area contributed by atoms with Gasteiger partial charge in [-0.05, 0) is 32.2 Å². The first kappa shape index (κ1) is 16.5. The summed E-state index contributed by atoms with van der Waals surface area (Å²) in [4.78, 5) is 0.326. The van der Waals surface area contributed by atoms with Crippen molar-refractivity contribution in [3.63, 3.8) is 0 Å². The highest BCUT2D eigenvalue weighted by Gasteiger charge is 2.32. The largest absolute Gasteiger partial charge is 0.464 e. The maximum absolute atomic E-state index is 12.8. The molecule has 2 heterocycles. The lowest BCUT2D eigenvalue weighted by Gasteiger charge is -2.31. The smallest absolute Gasteiger partial charge is 0.246 e. The van der Waals surface area contributed by atoms with Crippen molar-refractivity contribution in [1.82, 2.24) is 9.62 Å². The van der Waals surface area contributed by atoms with Crippen LogP contribution in [0.25, 0.3) is 0 Å². The lowest BCUT2D eigenvalue weighted by atomic mass is 9.97. The molecule has 1 saturated heterocycles. The van der Waals surface area contributed by atoms with Crippen LogP contribution in [0.4, 0.5) is 0 Å². The van der Waals surface area contributed by atoms with E-state index in [1.54, 1.807) is 17.3 Å². The predicted octanol–water partition coefficient (Wildman–Crippen LogP) is 2.51. The number of hydrogen-bond acceptors (Lipinski definition) is 4. The molecule has 6 heteroatoms. The van der Waals surface area contributed by atoms with E-state index in [2.05, 4.69) is 12.2 Å². The van der Waals surface area contributed by atoms with Crippen molar-refractivity contribution in [2.75, 3.05) is 19.6 Å².